The summed E-state index contributed by atoms with van der Waals surface area (Å²) in [6, 6.07) is 8.09. The van der Waals surface area contributed by atoms with E-state index in [0.29, 0.717) is 24.6 Å². The predicted molar refractivity (Wildman–Crippen MR) is 130 cm³/mol. The molecular weight excluding hydrogens is 432 g/mol. The Hall–Kier alpha value is -3.56. The summed E-state index contributed by atoms with van der Waals surface area (Å²) in [5, 5.41) is 2.92. The summed E-state index contributed by atoms with van der Waals surface area (Å²) >= 11 is 0. The minimum atomic E-state index is -0.429. The molecule has 1 atom stereocenters. The van der Waals surface area contributed by atoms with Gasteiger partial charge in [-0.1, -0.05) is 12.1 Å². The number of carbonyl (C=O) groups excluding carboxylic acids is 1. The van der Waals surface area contributed by atoms with Crippen molar-refractivity contribution in [3.05, 3.63) is 59.7 Å². The van der Waals surface area contributed by atoms with Crippen LogP contribution in [-0.4, -0.2) is 54.3 Å². The number of ether oxygens (including phenoxy) is 2. The number of hydrogen-bond donors (Lipinski definition) is 2. The number of aryl methyl sites for hydroxylation is 1. The van der Waals surface area contributed by atoms with Crippen molar-refractivity contribution in [1.82, 2.24) is 15.0 Å². The standard InChI is InChI=1S/C25H28N6O3/c1-33-22-4-2-3-16-5-6-17(13-18(16)22)19-15-28-24(26)23(29-19)25(32)30-20-14-27-8-7-21(20)31-9-11-34-12-10-31/h5-8,13-15,22H,2-4,9-12H2,1H3,(H2,26,28)(H,30,32). The molecular formula is C25H28N6O3. The van der Waals surface area contributed by atoms with Gasteiger partial charge in [-0.2, -0.15) is 0 Å². The number of morpholine rings is 1. The zero-order valence-corrected chi connectivity index (χ0v) is 19.2. The Bertz CT molecular complexity index is 1200. The fourth-order valence-electron chi connectivity index (χ4n) is 4.61. The molecule has 1 saturated heterocycles. The number of fused-ring (bicyclic) bond motifs is 1. The second kappa shape index (κ2) is 9.74. The number of aromatic nitrogens is 3. The zero-order valence-electron chi connectivity index (χ0n) is 19.2. The van der Waals surface area contributed by atoms with Crippen LogP contribution in [0.15, 0.2) is 42.9 Å². The number of carbonyl (C=O) groups is 1. The number of anilines is 3. The van der Waals surface area contributed by atoms with Crippen molar-refractivity contribution in [3.8, 4) is 11.3 Å². The maximum absolute atomic E-state index is 13.2. The van der Waals surface area contributed by atoms with Gasteiger partial charge in [0.1, 0.15) is 0 Å². The van der Waals surface area contributed by atoms with E-state index in [4.69, 9.17) is 15.2 Å². The number of nitrogens with one attached hydrogen (secondary N) is 1. The van der Waals surface area contributed by atoms with Crippen molar-refractivity contribution in [2.45, 2.75) is 25.4 Å². The first-order valence-corrected chi connectivity index (χ1v) is 11.5. The first-order chi connectivity index (χ1) is 16.6. The van der Waals surface area contributed by atoms with Crippen LogP contribution in [-0.2, 0) is 15.9 Å². The summed E-state index contributed by atoms with van der Waals surface area (Å²) in [6.07, 6.45) is 8.14. The number of benzene rings is 1. The molecule has 3 N–H and O–H groups in total. The van der Waals surface area contributed by atoms with Crippen LogP contribution in [0, 0.1) is 0 Å². The number of nitrogens with zero attached hydrogens (tertiary/aromatic N) is 4. The van der Waals surface area contributed by atoms with Crippen molar-refractivity contribution in [2.75, 3.05) is 49.4 Å². The van der Waals surface area contributed by atoms with E-state index in [1.165, 1.54) is 11.1 Å². The molecule has 9 heteroatoms. The van der Waals surface area contributed by atoms with Crippen LogP contribution in [0.5, 0.6) is 0 Å². The van der Waals surface area contributed by atoms with E-state index in [9.17, 15) is 4.79 Å². The second-order valence-electron chi connectivity index (χ2n) is 8.47. The fraction of sp³-hybridized carbons (Fsp3) is 0.360. The molecule has 5 rings (SSSR count). The Labute approximate surface area is 198 Å². The average molecular weight is 461 g/mol. The van der Waals surface area contributed by atoms with Gasteiger partial charge in [-0.3, -0.25) is 9.78 Å². The molecule has 176 valence electrons. The summed E-state index contributed by atoms with van der Waals surface area (Å²) in [4.78, 5) is 28.4. The molecule has 1 aromatic carbocycles. The van der Waals surface area contributed by atoms with Crippen LogP contribution in [0.3, 0.4) is 0 Å². The van der Waals surface area contributed by atoms with E-state index in [0.717, 1.165) is 43.6 Å². The van der Waals surface area contributed by atoms with Crippen LogP contribution in [0.25, 0.3) is 11.3 Å². The Kier molecular flexibility index (Phi) is 6.37. The SMILES string of the molecule is COC1CCCc2ccc(-c3cnc(N)c(C(=O)Nc4cnccc4N4CCOCC4)n3)cc21. The van der Waals surface area contributed by atoms with Gasteiger partial charge in [-0.05, 0) is 42.5 Å². The Balaban J connectivity index is 1.43. The molecule has 3 heterocycles. The lowest BCUT2D eigenvalue weighted by Gasteiger charge is -2.30. The first-order valence-electron chi connectivity index (χ1n) is 11.5. The maximum atomic E-state index is 13.2. The lowest BCUT2D eigenvalue weighted by molar-refractivity contribution is 0.0881. The van der Waals surface area contributed by atoms with Crippen molar-refractivity contribution < 1.29 is 14.3 Å². The minimum absolute atomic E-state index is 0.0670. The third-order valence-electron chi connectivity index (χ3n) is 6.40. The molecule has 1 unspecified atom stereocenters. The van der Waals surface area contributed by atoms with E-state index < -0.39 is 5.91 Å². The average Bonchev–Trinajstić information content (AvgIpc) is 2.89. The summed E-state index contributed by atoms with van der Waals surface area (Å²) < 4.78 is 11.1. The predicted octanol–water partition coefficient (Wildman–Crippen LogP) is 3.23. The van der Waals surface area contributed by atoms with Gasteiger partial charge in [-0.25, -0.2) is 9.97 Å². The fourth-order valence-corrected chi connectivity index (χ4v) is 4.61. The van der Waals surface area contributed by atoms with Crippen molar-refractivity contribution in [3.63, 3.8) is 0 Å². The van der Waals surface area contributed by atoms with Gasteiger partial charge in [0, 0.05) is 32.0 Å². The van der Waals surface area contributed by atoms with Crippen molar-refractivity contribution >= 4 is 23.1 Å². The van der Waals surface area contributed by atoms with Gasteiger partial charge >= 0.3 is 0 Å². The van der Waals surface area contributed by atoms with Crippen LogP contribution < -0.4 is 16.0 Å². The summed E-state index contributed by atoms with van der Waals surface area (Å²) in [5.41, 5.74) is 11.5. The molecule has 1 aliphatic carbocycles. The maximum Gasteiger partial charge on any atom is 0.278 e. The van der Waals surface area contributed by atoms with Gasteiger partial charge in [0.2, 0.25) is 0 Å². The van der Waals surface area contributed by atoms with Gasteiger partial charge in [-0.15, -0.1) is 0 Å². The molecule has 0 saturated carbocycles. The van der Waals surface area contributed by atoms with E-state index in [1.807, 2.05) is 12.1 Å². The second-order valence-corrected chi connectivity index (χ2v) is 8.47. The molecule has 1 aliphatic heterocycles. The lowest BCUT2D eigenvalue weighted by Crippen LogP contribution is -2.36. The summed E-state index contributed by atoms with van der Waals surface area (Å²) in [6.45, 7) is 2.76. The molecule has 3 aromatic rings. The van der Waals surface area contributed by atoms with E-state index in [1.54, 1.807) is 25.7 Å². The van der Waals surface area contributed by atoms with Crippen LogP contribution >= 0.6 is 0 Å². The van der Waals surface area contributed by atoms with E-state index in [2.05, 4.69) is 37.3 Å². The zero-order chi connectivity index (χ0) is 23.5. The Morgan fingerprint density at radius 1 is 1.24 bits per heavy atom. The number of pyridine rings is 1. The molecule has 1 amide bonds. The molecule has 0 radical (unpaired) electrons. The normalized spacial score (nSPS) is 17.8. The molecule has 0 bridgehead atoms. The third-order valence-corrected chi connectivity index (χ3v) is 6.40. The van der Waals surface area contributed by atoms with Crippen LogP contribution in [0.1, 0.15) is 40.6 Å². The molecule has 2 aliphatic rings. The number of rotatable bonds is 5. The number of hydrogen-bond acceptors (Lipinski definition) is 8. The van der Waals surface area contributed by atoms with Crippen molar-refractivity contribution in [1.29, 1.82) is 0 Å². The lowest BCUT2D eigenvalue weighted by atomic mass is 9.88. The van der Waals surface area contributed by atoms with Gasteiger partial charge < -0.3 is 25.4 Å². The highest BCUT2D eigenvalue weighted by Gasteiger charge is 2.22. The Morgan fingerprint density at radius 2 is 2.09 bits per heavy atom. The smallest absolute Gasteiger partial charge is 0.278 e. The van der Waals surface area contributed by atoms with Crippen LogP contribution in [0.2, 0.25) is 0 Å². The molecule has 2 aromatic heterocycles. The van der Waals surface area contributed by atoms with E-state index >= 15 is 0 Å². The number of nitrogen functional groups attached to an aromatic ring is 1. The molecule has 34 heavy (non-hydrogen) atoms. The molecule has 9 nitrogen and oxygen atoms in total. The highest BCUT2D eigenvalue weighted by Crippen LogP contribution is 2.35. The third kappa shape index (κ3) is 4.44. The molecule has 0 spiro atoms. The molecule has 1 fully saturated rings. The van der Waals surface area contributed by atoms with Gasteiger partial charge in [0.25, 0.3) is 5.91 Å². The van der Waals surface area contributed by atoms with Gasteiger partial charge in [0.05, 0.1) is 48.8 Å². The number of amides is 1. The van der Waals surface area contributed by atoms with Gasteiger partial charge in [0.15, 0.2) is 11.5 Å². The summed E-state index contributed by atoms with van der Waals surface area (Å²) in [5.74, 6) is -0.354. The topological polar surface area (TPSA) is 115 Å². The highest BCUT2D eigenvalue weighted by atomic mass is 16.5. The Morgan fingerprint density at radius 3 is 2.91 bits per heavy atom. The van der Waals surface area contributed by atoms with Crippen LogP contribution in [0.4, 0.5) is 17.2 Å². The minimum Gasteiger partial charge on any atom is -0.382 e. The largest absolute Gasteiger partial charge is 0.382 e. The quantitative estimate of drug-likeness (QED) is 0.596. The summed E-state index contributed by atoms with van der Waals surface area (Å²) in [7, 11) is 1.74. The number of nitrogens with two attached hydrogens (primary N) is 1. The number of methoxy groups -OCH3 is 1. The van der Waals surface area contributed by atoms with E-state index in [-0.39, 0.29) is 17.6 Å². The first kappa shape index (κ1) is 22.2. The monoisotopic (exact) mass is 460 g/mol. The highest BCUT2D eigenvalue weighted by molar-refractivity contribution is 6.07. The van der Waals surface area contributed by atoms with Crippen molar-refractivity contribution in [2.24, 2.45) is 0 Å².